The van der Waals surface area contributed by atoms with Crippen LogP contribution >= 0.6 is 0 Å². The van der Waals surface area contributed by atoms with Gasteiger partial charge in [-0.1, -0.05) is 56.4 Å². The van der Waals surface area contributed by atoms with E-state index in [0.29, 0.717) is 0 Å². The first-order valence-electron chi connectivity index (χ1n) is 6.24. The van der Waals surface area contributed by atoms with E-state index in [-0.39, 0.29) is 0 Å². The van der Waals surface area contributed by atoms with Gasteiger partial charge in [0.25, 0.3) is 0 Å². The Balaban J connectivity index is 0.00000121. The number of aliphatic imine (C=N–C) groups is 1. The molecule has 1 rings (SSSR count). The maximum atomic E-state index is 4.42. The molecule has 0 N–H and O–H groups in total. The minimum Gasteiger partial charge on any atom is -0.257 e. The van der Waals surface area contributed by atoms with Gasteiger partial charge in [-0.2, -0.15) is 0 Å². The topological polar surface area (TPSA) is 12.4 Å². The Labute approximate surface area is 106 Å². The third kappa shape index (κ3) is 6.52. The summed E-state index contributed by atoms with van der Waals surface area (Å²) in [6.07, 6.45) is 19.2. The van der Waals surface area contributed by atoms with Crippen molar-refractivity contribution in [1.29, 1.82) is 0 Å². The van der Waals surface area contributed by atoms with Crippen LogP contribution in [0.3, 0.4) is 0 Å². The van der Waals surface area contributed by atoms with Crippen molar-refractivity contribution in [3.63, 3.8) is 0 Å². The number of allylic oxidation sites excluding steroid dienone is 8. The molecule has 0 aromatic heterocycles. The lowest BCUT2D eigenvalue weighted by molar-refractivity contribution is 1.28. The van der Waals surface area contributed by atoms with Gasteiger partial charge < -0.3 is 0 Å². The molecule has 17 heavy (non-hydrogen) atoms. The first-order valence-corrected chi connectivity index (χ1v) is 6.24. The second kappa shape index (κ2) is 10.9. The molecular weight excluding hydrogens is 206 g/mol. The van der Waals surface area contributed by atoms with Gasteiger partial charge in [0.2, 0.25) is 0 Å². The number of hydrogen-bond acceptors (Lipinski definition) is 1. The molecule has 1 aliphatic rings. The summed E-state index contributed by atoms with van der Waals surface area (Å²) in [5, 5.41) is 0. The van der Waals surface area contributed by atoms with E-state index in [1.54, 1.807) is 0 Å². The largest absolute Gasteiger partial charge is 0.257 e. The lowest BCUT2D eigenvalue weighted by Gasteiger charge is -2.00. The van der Waals surface area contributed by atoms with Crippen LogP contribution in [0.2, 0.25) is 0 Å². The predicted octanol–water partition coefficient (Wildman–Crippen LogP) is 5.01. The van der Waals surface area contributed by atoms with Crippen molar-refractivity contribution in [3.8, 4) is 0 Å². The molecule has 92 valence electrons. The quantitative estimate of drug-likeness (QED) is 0.603. The summed E-state index contributed by atoms with van der Waals surface area (Å²) in [6, 6.07) is 0. The van der Waals surface area contributed by atoms with Gasteiger partial charge in [-0.3, -0.25) is 4.99 Å². The van der Waals surface area contributed by atoms with Crippen LogP contribution in [0.5, 0.6) is 0 Å². The molecule has 1 heteroatoms. The molecule has 0 aliphatic heterocycles. The zero-order valence-corrected chi connectivity index (χ0v) is 11.4. The summed E-state index contributed by atoms with van der Waals surface area (Å²) in [5.74, 6) is 0. The van der Waals surface area contributed by atoms with Crippen LogP contribution in [0.15, 0.2) is 64.9 Å². The number of rotatable bonds is 3. The van der Waals surface area contributed by atoms with Crippen LogP contribution in [-0.2, 0) is 0 Å². The van der Waals surface area contributed by atoms with E-state index in [1.165, 1.54) is 0 Å². The number of hydrogen-bond donors (Lipinski definition) is 0. The van der Waals surface area contributed by atoms with Crippen LogP contribution in [0.1, 0.15) is 34.1 Å². The Hall–Kier alpha value is -1.63. The van der Waals surface area contributed by atoms with E-state index in [4.69, 9.17) is 0 Å². The highest BCUT2D eigenvalue weighted by Gasteiger charge is 1.99. The maximum absolute atomic E-state index is 4.42. The first-order chi connectivity index (χ1) is 8.38. The van der Waals surface area contributed by atoms with Crippen molar-refractivity contribution in [3.05, 3.63) is 59.9 Å². The Morgan fingerprint density at radius 2 is 1.94 bits per heavy atom. The van der Waals surface area contributed by atoms with Gasteiger partial charge in [-0.25, -0.2) is 0 Å². The van der Waals surface area contributed by atoms with E-state index in [1.807, 2.05) is 52.1 Å². The Kier molecular flexibility index (Phi) is 9.83. The molecule has 0 unspecified atom stereocenters. The maximum Gasteiger partial charge on any atom is 0.0665 e. The predicted molar refractivity (Wildman–Crippen MR) is 79.4 cm³/mol. The average Bonchev–Trinajstić information content (AvgIpc) is 2.59. The normalized spacial score (nSPS) is 15.8. The van der Waals surface area contributed by atoms with Crippen LogP contribution in [0.25, 0.3) is 0 Å². The molecule has 0 aromatic rings. The fourth-order valence-electron chi connectivity index (χ4n) is 1.29. The fraction of sp³-hybridized carbons (Fsp3) is 0.312. The van der Waals surface area contributed by atoms with E-state index in [0.717, 1.165) is 17.7 Å². The zero-order chi connectivity index (χ0) is 12.9. The lowest BCUT2D eigenvalue weighted by Crippen LogP contribution is -1.83. The molecule has 0 radical (unpaired) electrons. The van der Waals surface area contributed by atoms with E-state index < -0.39 is 0 Å². The summed E-state index contributed by atoms with van der Waals surface area (Å²) in [7, 11) is 0. The van der Waals surface area contributed by atoms with Crippen molar-refractivity contribution in [2.75, 3.05) is 0 Å². The minimum absolute atomic E-state index is 0.945. The molecule has 0 spiro atoms. The average molecular weight is 229 g/mol. The van der Waals surface area contributed by atoms with Gasteiger partial charge >= 0.3 is 0 Å². The van der Waals surface area contributed by atoms with Crippen molar-refractivity contribution in [1.82, 2.24) is 0 Å². The third-order valence-electron chi connectivity index (χ3n) is 1.99. The Morgan fingerprint density at radius 3 is 2.59 bits per heavy atom. The second-order valence-electron chi connectivity index (χ2n) is 3.18. The number of nitrogens with zero attached hydrogens (tertiary/aromatic N) is 1. The molecule has 0 fully saturated rings. The van der Waals surface area contributed by atoms with Gasteiger partial charge in [0.1, 0.15) is 0 Å². The van der Waals surface area contributed by atoms with Crippen molar-refractivity contribution in [2.24, 2.45) is 4.99 Å². The lowest BCUT2D eigenvalue weighted by atomic mass is 10.1. The standard InChI is InChI=1S/C14H17N.C2H6/c1-3-5-12-15-14-11-8-6-7-10-13(14)9-4-2;1-2/h3-7,9-12H,8H2,1-2H3;1-2H3/b5-3-,9-4+,15-12?;. The van der Waals surface area contributed by atoms with Crippen molar-refractivity contribution >= 4 is 6.21 Å². The van der Waals surface area contributed by atoms with Gasteiger partial charge in [-0.05, 0) is 31.9 Å². The summed E-state index contributed by atoms with van der Waals surface area (Å²) in [4.78, 5) is 4.42. The van der Waals surface area contributed by atoms with Gasteiger partial charge in [0.15, 0.2) is 0 Å². The zero-order valence-electron chi connectivity index (χ0n) is 11.4. The van der Waals surface area contributed by atoms with Crippen molar-refractivity contribution in [2.45, 2.75) is 34.1 Å². The molecule has 0 saturated carbocycles. The van der Waals surface area contributed by atoms with E-state index >= 15 is 0 Å². The summed E-state index contributed by atoms with van der Waals surface area (Å²) >= 11 is 0. The highest BCUT2D eigenvalue weighted by molar-refractivity contribution is 5.73. The van der Waals surface area contributed by atoms with Gasteiger partial charge in [0.05, 0.1) is 5.70 Å². The Morgan fingerprint density at radius 1 is 1.18 bits per heavy atom. The molecule has 0 amide bonds. The molecule has 0 atom stereocenters. The molecule has 0 heterocycles. The highest BCUT2D eigenvalue weighted by Crippen LogP contribution is 2.17. The fourth-order valence-corrected chi connectivity index (χ4v) is 1.29. The molecule has 0 bridgehead atoms. The second-order valence-corrected chi connectivity index (χ2v) is 3.18. The Bertz CT molecular complexity index is 363. The van der Waals surface area contributed by atoms with E-state index in [9.17, 15) is 0 Å². The molecular formula is C16H23N. The van der Waals surface area contributed by atoms with Crippen LogP contribution in [-0.4, -0.2) is 6.21 Å². The van der Waals surface area contributed by atoms with Gasteiger partial charge in [0, 0.05) is 6.21 Å². The van der Waals surface area contributed by atoms with Crippen LogP contribution in [0.4, 0.5) is 0 Å². The monoisotopic (exact) mass is 229 g/mol. The molecule has 1 nitrogen and oxygen atoms in total. The molecule has 1 aliphatic carbocycles. The van der Waals surface area contributed by atoms with Crippen molar-refractivity contribution < 1.29 is 0 Å². The summed E-state index contributed by atoms with van der Waals surface area (Å²) in [5.41, 5.74) is 2.20. The highest BCUT2D eigenvalue weighted by atomic mass is 14.7. The van der Waals surface area contributed by atoms with Crippen LogP contribution < -0.4 is 0 Å². The third-order valence-corrected chi connectivity index (χ3v) is 1.99. The summed E-state index contributed by atoms with van der Waals surface area (Å²) < 4.78 is 0. The molecule has 0 aromatic carbocycles. The van der Waals surface area contributed by atoms with Crippen LogP contribution in [0, 0.1) is 0 Å². The molecule has 0 saturated heterocycles. The first kappa shape index (κ1) is 15.4. The smallest absolute Gasteiger partial charge is 0.0665 e. The SMILES string of the molecule is C/C=C\C=NC1=CCC=CC=C1/C=C/C.CC. The van der Waals surface area contributed by atoms with E-state index in [2.05, 4.69) is 35.4 Å². The summed E-state index contributed by atoms with van der Waals surface area (Å²) in [6.45, 7) is 8.00. The minimum atomic E-state index is 0.945. The van der Waals surface area contributed by atoms with Gasteiger partial charge in [-0.15, -0.1) is 0 Å².